The van der Waals surface area contributed by atoms with Gasteiger partial charge in [0.05, 0.1) is 0 Å². The lowest BCUT2D eigenvalue weighted by Crippen LogP contribution is -2.21. The van der Waals surface area contributed by atoms with Gasteiger partial charge in [0.1, 0.15) is 0 Å². The van der Waals surface area contributed by atoms with Crippen molar-refractivity contribution in [2.45, 2.75) is 30.2 Å². The standard InChI is InChI=1S/C12H17NS.ClH/c1-2-6-12(7-3-1)14-10-8-11-5-4-9-13-11;/h1-3,6-7,11,13H,4-5,8-10H2;1H. The molecule has 1 nitrogen and oxygen atoms in total. The van der Waals surface area contributed by atoms with Crippen LogP contribution in [-0.4, -0.2) is 18.3 Å². The average molecular weight is 244 g/mol. The Balaban J connectivity index is 0.00000112. The van der Waals surface area contributed by atoms with Crippen molar-refractivity contribution in [2.75, 3.05) is 12.3 Å². The zero-order chi connectivity index (χ0) is 9.64. The first-order chi connectivity index (χ1) is 6.95. The molecule has 2 rings (SSSR count). The molecular formula is C12H18ClNS. The number of hydrogen-bond acceptors (Lipinski definition) is 2. The quantitative estimate of drug-likeness (QED) is 0.815. The zero-order valence-corrected chi connectivity index (χ0v) is 10.4. The highest BCUT2D eigenvalue weighted by molar-refractivity contribution is 7.99. The second kappa shape index (κ2) is 7.15. The number of halogens is 1. The number of benzene rings is 1. The van der Waals surface area contributed by atoms with Crippen molar-refractivity contribution in [3.05, 3.63) is 30.3 Å². The maximum Gasteiger partial charge on any atom is 0.00755 e. The highest BCUT2D eigenvalue weighted by Crippen LogP contribution is 2.20. The van der Waals surface area contributed by atoms with E-state index in [1.165, 1.54) is 36.5 Å². The van der Waals surface area contributed by atoms with Crippen LogP contribution in [0.25, 0.3) is 0 Å². The van der Waals surface area contributed by atoms with Crippen LogP contribution in [0.15, 0.2) is 35.2 Å². The summed E-state index contributed by atoms with van der Waals surface area (Å²) in [6, 6.07) is 11.4. The number of thioether (sulfide) groups is 1. The van der Waals surface area contributed by atoms with E-state index in [1.807, 2.05) is 11.8 Å². The first-order valence-electron chi connectivity index (χ1n) is 5.36. The molecule has 1 fully saturated rings. The van der Waals surface area contributed by atoms with Gasteiger partial charge >= 0.3 is 0 Å². The molecule has 1 aromatic carbocycles. The molecule has 0 bridgehead atoms. The zero-order valence-electron chi connectivity index (χ0n) is 8.82. The maximum absolute atomic E-state index is 3.53. The lowest BCUT2D eigenvalue weighted by Gasteiger charge is -2.08. The van der Waals surface area contributed by atoms with Gasteiger partial charge in [-0.2, -0.15) is 0 Å². The largest absolute Gasteiger partial charge is 0.314 e. The van der Waals surface area contributed by atoms with Crippen LogP contribution in [0.2, 0.25) is 0 Å². The molecule has 0 aliphatic carbocycles. The van der Waals surface area contributed by atoms with Crippen LogP contribution in [0.3, 0.4) is 0 Å². The summed E-state index contributed by atoms with van der Waals surface area (Å²) in [5.74, 6) is 1.24. The average Bonchev–Trinajstić information content (AvgIpc) is 2.72. The molecular weight excluding hydrogens is 226 g/mol. The van der Waals surface area contributed by atoms with E-state index in [-0.39, 0.29) is 12.4 Å². The Labute approximate surface area is 102 Å². The topological polar surface area (TPSA) is 12.0 Å². The minimum atomic E-state index is 0. The van der Waals surface area contributed by atoms with Gasteiger partial charge in [-0.25, -0.2) is 0 Å². The molecule has 1 saturated heterocycles. The number of nitrogens with one attached hydrogen (secondary N) is 1. The third-order valence-electron chi connectivity index (χ3n) is 2.64. The molecule has 1 unspecified atom stereocenters. The monoisotopic (exact) mass is 243 g/mol. The smallest absolute Gasteiger partial charge is 0.00755 e. The van der Waals surface area contributed by atoms with Crippen molar-refractivity contribution >= 4 is 24.2 Å². The third-order valence-corrected chi connectivity index (χ3v) is 3.69. The van der Waals surface area contributed by atoms with Gasteiger partial charge in [0.2, 0.25) is 0 Å². The summed E-state index contributed by atoms with van der Waals surface area (Å²) < 4.78 is 0. The minimum Gasteiger partial charge on any atom is -0.314 e. The second-order valence-corrected chi connectivity index (χ2v) is 4.91. The van der Waals surface area contributed by atoms with Crippen molar-refractivity contribution in [1.29, 1.82) is 0 Å². The molecule has 0 saturated carbocycles. The van der Waals surface area contributed by atoms with Gasteiger partial charge in [-0.05, 0) is 43.7 Å². The van der Waals surface area contributed by atoms with Gasteiger partial charge in [0.15, 0.2) is 0 Å². The van der Waals surface area contributed by atoms with Crippen LogP contribution in [0.1, 0.15) is 19.3 Å². The summed E-state index contributed by atoms with van der Waals surface area (Å²) >= 11 is 1.97. The van der Waals surface area contributed by atoms with Gasteiger partial charge in [0, 0.05) is 10.9 Å². The normalized spacial score (nSPS) is 19.9. The fourth-order valence-corrected chi connectivity index (χ4v) is 2.83. The number of rotatable bonds is 4. The molecule has 0 amide bonds. The molecule has 3 heteroatoms. The van der Waals surface area contributed by atoms with Gasteiger partial charge in [-0.3, -0.25) is 0 Å². The molecule has 1 N–H and O–H groups in total. The molecule has 0 spiro atoms. The van der Waals surface area contributed by atoms with Crippen molar-refractivity contribution in [3.8, 4) is 0 Å². The van der Waals surface area contributed by atoms with Crippen molar-refractivity contribution in [2.24, 2.45) is 0 Å². The Hall–Kier alpha value is -0.180. The predicted octanol–water partition coefficient (Wildman–Crippen LogP) is 3.34. The van der Waals surface area contributed by atoms with Gasteiger partial charge in [-0.15, -0.1) is 24.2 Å². The molecule has 0 aromatic heterocycles. The van der Waals surface area contributed by atoms with E-state index in [0.29, 0.717) is 0 Å². The van der Waals surface area contributed by atoms with Crippen molar-refractivity contribution < 1.29 is 0 Å². The third kappa shape index (κ3) is 4.45. The molecule has 84 valence electrons. The Bertz CT molecular complexity index is 260. The van der Waals surface area contributed by atoms with Crippen LogP contribution in [0.5, 0.6) is 0 Å². The SMILES string of the molecule is Cl.c1ccc(SCCC2CCCN2)cc1. The van der Waals surface area contributed by atoms with Crippen LogP contribution >= 0.6 is 24.2 Å². The summed E-state index contributed by atoms with van der Waals surface area (Å²) in [6.45, 7) is 1.22. The molecule has 0 radical (unpaired) electrons. The molecule has 1 aromatic rings. The highest BCUT2D eigenvalue weighted by Gasteiger charge is 2.12. The van der Waals surface area contributed by atoms with Crippen LogP contribution < -0.4 is 5.32 Å². The molecule has 15 heavy (non-hydrogen) atoms. The molecule has 1 heterocycles. The summed E-state index contributed by atoms with van der Waals surface area (Å²) in [5, 5.41) is 3.53. The first kappa shape index (κ1) is 12.9. The lowest BCUT2D eigenvalue weighted by atomic mass is 10.2. The Morgan fingerprint density at radius 3 is 2.73 bits per heavy atom. The maximum atomic E-state index is 3.53. The van der Waals surface area contributed by atoms with Crippen molar-refractivity contribution in [1.82, 2.24) is 5.32 Å². The van der Waals surface area contributed by atoms with E-state index in [9.17, 15) is 0 Å². The van der Waals surface area contributed by atoms with E-state index < -0.39 is 0 Å². The van der Waals surface area contributed by atoms with E-state index >= 15 is 0 Å². The van der Waals surface area contributed by atoms with E-state index in [4.69, 9.17) is 0 Å². The first-order valence-corrected chi connectivity index (χ1v) is 6.35. The van der Waals surface area contributed by atoms with Crippen LogP contribution in [-0.2, 0) is 0 Å². The fraction of sp³-hybridized carbons (Fsp3) is 0.500. The summed E-state index contributed by atoms with van der Waals surface area (Å²) in [4.78, 5) is 1.39. The van der Waals surface area contributed by atoms with Gasteiger partial charge in [0.25, 0.3) is 0 Å². The van der Waals surface area contributed by atoms with Crippen LogP contribution in [0.4, 0.5) is 0 Å². The van der Waals surface area contributed by atoms with Gasteiger partial charge in [-0.1, -0.05) is 18.2 Å². The summed E-state index contributed by atoms with van der Waals surface area (Å²) in [6.07, 6.45) is 4.04. The molecule has 1 aliphatic heterocycles. The molecule has 1 aliphatic rings. The Morgan fingerprint density at radius 2 is 2.07 bits per heavy atom. The summed E-state index contributed by atoms with van der Waals surface area (Å²) in [5.41, 5.74) is 0. The van der Waals surface area contributed by atoms with Crippen LogP contribution in [0, 0.1) is 0 Å². The minimum absolute atomic E-state index is 0. The highest BCUT2D eigenvalue weighted by atomic mass is 35.5. The summed E-state index contributed by atoms with van der Waals surface area (Å²) in [7, 11) is 0. The number of hydrogen-bond donors (Lipinski definition) is 1. The lowest BCUT2D eigenvalue weighted by molar-refractivity contribution is 0.592. The van der Waals surface area contributed by atoms with Crippen molar-refractivity contribution in [3.63, 3.8) is 0 Å². The Morgan fingerprint density at radius 1 is 1.27 bits per heavy atom. The van der Waals surface area contributed by atoms with Gasteiger partial charge < -0.3 is 5.32 Å². The predicted molar refractivity (Wildman–Crippen MR) is 70.1 cm³/mol. The Kier molecular flexibility index (Phi) is 6.15. The second-order valence-electron chi connectivity index (χ2n) is 3.74. The van der Waals surface area contributed by atoms with E-state index in [2.05, 4.69) is 35.6 Å². The van der Waals surface area contributed by atoms with E-state index in [0.717, 1.165) is 6.04 Å². The fourth-order valence-electron chi connectivity index (χ4n) is 1.84. The molecule has 1 atom stereocenters. The van der Waals surface area contributed by atoms with E-state index in [1.54, 1.807) is 0 Å².